The van der Waals surface area contributed by atoms with E-state index in [2.05, 4.69) is 0 Å². The van der Waals surface area contributed by atoms with Gasteiger partial charge in [-0.25, -0.2) is 24.1 Å². The highest BCUT2D eigenvalue weighted by molar-refractivity contribution is 8.28. The van der Waals surface area contributed by atoms with Crippen molar-refractivity contribution in [2.24, 2.45) is 0 Å². The van der Waals surface area contributed by atoms with Crippen LogP contribution in [0.15, 0.2) is 262 Å². The first kappa shape index (κ1) is 72.2. The van der Waals surface area contributed by atoms with E-state index in [4.69, 9.17) is 60.3 Å². The first-order valence-electron chi connectivity index (χ1n) is 33.6. The molecule has 10 aromatic rings. The molecule has 2 atom stereocenters. The summed E-state index contributed by atoms with van der Waals surface area (Å²) in [5, 5.41) is 12.4. The Balaban J connectivity index is 0.758. The molecule has 110 heavy (non-hydrogen) atoms. The fourth-order valence-electron chi connectivity index (χ4n) is 13.1. The summed E-state index contributed by atoms with van der Waals surface area (Å²) >= 11 is 21.1. The van der Waals surface area contributed by atoms with Crippen LogP contribution in [0.5, 0.6) is 28.7 Å². The van der Waals surface area contributed by atoms with E-state index in [0.717, 1.165) is 68.6 Å². The van der Waals surface area contributed by atoms with Gasteiger partial charge in [0.1, 0.15) is 12.2 Å². The van der Waals surface area contributed by atoms with E-state index in [1.807, 2.05) is 97.1 Å². The largest absolute Gasteiger partial charge is 0.486 e. The zero-order valence-electron chi connectivity index (χ0n) is 56.7. The van der Waals surface area contributed by atoms with Crippen molar-refractivity contribution in [1.29, 1.82) is 0 Å². The molecule has 16 rings (SSSR count). The molecule has 0 unspecified atom stereocenters. The van der Waals surface area contributed by atoms with Gasteiger partial charge < -0.3 is 28.8 Å². The van der Waals surface area contributed by atoms with Crippen molar-refractivity contribution in [3.8, 4) is 28.7 Å². The zero-order valence-corrected chi connectivity index (χ0v) is 62.4. The second kappa shape index (κ2) is 30.2. The van der Waals surface area contributed by atoms with Crippen molar-refractivity contribution in [3.05, 3.63) is 323 Å². The van der Waals surface area contributed by atoms with Gasteiger partial charge >= 0.3 is 23.9 Å². The summed E-state index contributed by atoms with van der Waals surface area (Å²) in [6, 6.07) is 66.0. The number of anilines is 4. The Morgan fingerprint density at radius 1 is 0.391 bits per heavy atom. The summed E-state index contributed by atoms with van der Waals surface area (Å²) in [6.07, 6.45) is 6.55. The third-order valence-corrected chi connectivity index (χ3v) is 22.9. The van der Waals surface area contributed by atoms with Crippen LogP contribution in [-0.4, -0.2) is 83.0 Å². The van der Waals surface area contributed by atoms with Gasteiger partial charge in [0.25, 0.3) is 28.9 Å². The molecule has 0 radical (unpaired) electrons. The molecule has 1 N–H and O–H groups in total. The summed E-state index contributed by atoms with van der Waals surface area (Å²) in [5.74, 6) is -8.66. The standard InChI is InChI=1S/C84H50N4O15S7/c89-72-65(35-47-17-5-1-6-18-47)107-80(97)85(72)56-29-13-28-54(39-56)79(96)103-71-62(100-76(93)51-25-14-30-57(40-51)86-73(90)66(108-81(86)104)36-48-19-7-2-8-20-48)34-33-60-69-61-44-64(102-78(95)53-27-16-32-59(42-53)88-75(92)68(110-83(88)106)38-50-23-11-4-12-24-50)63(43-55(61)45-84(69,98)46-99-70(60)71)101-77(94)52-26-15-31-58(41-52)87-74(91)67(109-82(87)105)37-49-21-9-3-10-22-49/h1-44,69,98H,45-46H2/b65-35-,66-36-,67-37-,68-38-/t69-,84+/m0/s1. The molecule has 538 valence electrons. The third-order valence-electron chi connectivity index (χ3n) is 18.2. The molecule has 0 spiro atoms. The lowest BCUT2D eigenvalue weighted by Gasteiger charge is -2.37. The van der Waals surface area contributed by atoms with Crippen LogP contribution in [0.2, 0.25) is 0 Å². The molecule has 5 aliphatic heterocycles. The van der Waals surface area contributed by atoms with E-state index in [1.165, 1.54) is 106 Å². The number of benzene rings is 10. The number of aliphatic hydroxyl groups is 1. The summed E-state index contributed by atoms with van der Waals surface area (Å²) in [5.41, 5.74) is 2.48. The minimum absolute atomic E-state index is 0.0347. The summed E-state index contributed by atoms with van der Waals surface area (Å²) in [6.45, 7) is -0.518. The molecule has 0 saturated carbocycles. The van der Waals surface area contributed by atoms with Crippen molar-refractivity contribution in [2.45, 2.75) is 17.9 Å². The monoisotopic (exact) mass is 1580 g/mol. The molecule has 4 saturated heterocycles. The number of ether oxygens (including phenoxy) is 5. The maximum absolute atomic E-state index is 14.9. The number of carbonyl (C=O) groups is 9. The summed E-state index contributed by atoms with van der Waals surface area (Å²) < 4.78 is 32.1. The van der Waals surface area contributed by atoms with Gasteiger partial charge in [-0.2, -0.15) is 0 Å². The lowest BCUT2D eigenvalue weighted by molar-refractivity contribution is -0.114. The van der Waals surface area contributed by atoms with Gasteiger partial charge in [-0.15, -0.1) is 0 Å². The van der Waals surface area contributed by atoms with Crippen LogP contribution in [0, 0.1) is 0 Å². The van der Waals surface area contributed by atoms with Gasteiger partial charge in [-0.05, 0) is 160 Å². The van der Waals surface area contributed by atoms with E-state index in [0.29, 0.717) is 31.4 Å². The fourth-order valence-corrected chi connectivity index (χ4v) is 17.8. The number of rotatable bonds is 16. The van der Waals surface area contributed by atoms with Crippen LogP contribution >= 0.6 is 83.7 Å². The van der Waals surface area contributed by atoms with Gasteiger partial charge in [0, 0.05) is 17.9 Å². The van der Waals surface area contributed by atoms with Crippen LogP contribution in [-0.2, 0) is 25.6 Å². The first-order chi connectivity index (χ1) is 53.3. The van der Waals surface area contributed by atoms with E-state index >= 15 is 0 Å². The molecule has 0 bridgehead atoms. The number of carbonyl (C=O) groups excluding carboxylic acids is 9. The Kier molecular flexibility index (Phi) is 19.9. The number of hydrogen-bond donors (Lipinski definition) is 1. The first-order valence-corrected chi connectivity index (χ1v) is 38.1. The maximum atomic E-state index is 14.9. The molecular weight excluding hydrogens is 1530 g/mol. The minimum Gasteiger partial charge on any atom is -0.486 e. The Morgan fingerprint density at radius 3 is 1.14 bits per heavy atom. The lowest BCUT2D eigenvalue weighted by atomic mass is 9.80. The van der Waals surface area contributed by atoms with E-state index < -0.39 is 76.6 Å². The van der Waals surface area contributed by atoms with Crippen LogP contribution in [0.25, 0.3) is 24.3 Å². The highest BCUT2D eigenvalue weighted by Crippen LogP contribution is 2.57. The van der Waals surface area contributed by atoms with Gasteiger partial charge in [0.2, 0.25) is 5.75 Å². The fraction of sp³-hybridized carbons (Fsp3) is 0.0476. The second-order valence-electron chi connectivity index (χ2n) is 25.3. The number of esters is 4. The molecule has 26 heteroatoms. The van der Waals surface area contributed by atoms with Crippen molar-refractivity contribution in [2.75, 3.05) is 26.2 Å². The Morgan fingerprint density at radius 2 is 0.736 bits per heavy atom. The number of amides is 5. The molecule has 6 aliphatic rings. The van der Waals surface area contributed by atoms with E-state index in [1.54, 1.807) is 78.9 Å². The zero-order chi connectivity index (χ0) is 76.1. The summed E-state index contributed by atoms with van der Waals surface area (Å²) in [4.78, 5) is 135. The molecule has 4 fully saturated rings. The van der Waals surface area contributed by atoms with Crippen molar-refractivity contribution in [3.63, 3.8) is 0 Å². The predicted octanol–water partition coefficient (Wildman–Crippen LogP) is 16.8. The lowest BCUT2D eigenvalue weighted by Crippen LogP contribution is -2.44. The van der Waals surface area contributed by atoms with Gasteiger partial charge in [-0.3, -0.25) is 38.7 Å². The van der Waals surface area contributed by atoms with Crippen molar-refractivity contribution < 1.29 is 71.9 Å². The van der Waals surface area contributed by atoms with Gasteiger partial charge in [0.05, 0.1) is 64.6 Å². The highest BCUT2D eigenvalue weighted by Gasteiger charge is 2.52. The predicted molar refractivity (Wildman–Crippen MR) is 436 cm³/mol. The number of imide groups is 1. The third kappa shape index (κ3) is 14.3. The quantitative estimate of drug-likeness (QED) is 0.0410. The average Bonchev–Trinajstić information content (AvgIpc) is 1.55. The Bertz CT molecular complexity index is 5820. The number of nitrogens with zero attached hydrogens (tertiary/aromatic N) is 4. The average molecular weight is 1580 g/mol. The molecular formula is C84H50N4O15S7. The van der Waals surface area contributed by atoms with E-state index in [9.17, 15) is 48.3 Å². The number of thiocarbonyl (C=S) groups is 3. The van der Waals surface area contributed by atoms with Gasteiger partial charge in [-0.1, -0.05) is 224 Å². The Hall–Kier alpha value is -12.0. The molecule has 19 nitrogen and oxygen atoms in total. The normalized spacial score (nSPS) is 18.7. The van der Waals surface area contributed by atoms with Crippen LogP contribution in [0.4, 0.5) is 27.5 Å². The minimum atomic E-state index is -1.85. The van der Waals surface area contributed by atoms with Gasteiger partial charge in [0.15, 0.2) is 36.0 Å². The molecule has 10 aromatic carbocycles. The number of thioether (sulfide) groups is 4. The maximum Gasteiger partial charge on any atom is 0.343 e. The van der Waals surface area contributed by atoms with Crippen LogP contribution in [0.1, 0.15) is 86.3 Å². The second-order valence-corrected chi connectivity index (χ2v) is 31.3. The van der Waals surface area contributed by atoms with E-state index in [-0.39, 0.29) is 97.9 Å². The van der Waals surface area contributed by atoms with Crippen LogP contribution < -0.4 is 43.3 Å². The molecule has 0 aromatic heterocycles. The smallest absolute Gasteiger partial charge is 0.343 e. The number of hydrogen-bond acceptors (Lipinski definition) is 22. The van der Waals surface area contributed by atoms with Crippen LogP contribution in [0.3, 0.4) is 0 Å². The SMILES string of the molecule is O=C(Oc1cc2c(cc1OC(=O)c1cccc(N3C(=O)/C(=C/c4ccccc4)SC3=S)c1)[C@@H]1c3ccc(OC(=O)c4cccc(N5C(=O)/C(=C/c6ccccc6)SC5=S)c4)c(OC(=O)c4cccc(N5C(=O)S/C(=C\c6ccccc6)C5=O)c4)c3OC[C@]1(O)C2)c1cccc(N2C(=O)/C(=C/c3ccccc3)SC2=S)c1. The highest BCUT2D eigenvalue weighted by atomic mass is 32.2. The molecule has 5 amide bonds. The molecule has 5 heterocycles. The topological polar surface area (TPSA) is 233 Å². The molecule has 1 aliphatic carbocycles. The Labute approximate surface area is 659 Å². The van der Waals surface area contributed by atoms with Crippen molar-refractivity contribution in [1.82, 2.24) is 0 Å². The number of fused-ring (bicyclic) bond motifs is 5. The summed E-state index contributed by atoms with van der Waals surface area (Å²) in [7, 11) is 0. The van der Waals surface area contributed by atoms with Crippen molar-refractivity contribution >= 4 is 196 Å².